The molecule has 7 heteroatoms. The summed E-state index contributed by atoms with van der Waals surface area (Å²) in [6, 6.07) is 0.406. The maximum atomic E-state index is 12.3. The van der Waals surface area contributed by atoms with Crippen LogP contribution in [0.1, 0.15) is 40.0 Å². The highest BCUT2D eigenvalue weighted by Crippen LogP contribution is 2.30. The van der Waals surface area contributed by atoms with Gasteiger partial charge in [0.05, 0.1) is 12.7 Å². The molecule has 0 aliphatic heterocycles. The topological polar surface area (TPSA) is 76.0 Å². The lowest BCUT2D eigenvalue weighted by Crippen LogP contribution is -2.40. The number of aromatic nitrogens is 2. The maximum Gasteiger partial charge on any atom is 0.243 e. The fraction of sp³-hybridized carbons (Fsp3) is 0.786. The van der Waals surface area contributed by atoms with Gasteiger partial charge in [-0.3, -0.25) is 4.68 Å². The zero-order valence-electron chi connectivity index (χ0n) is 13.0. The van der Waals surface area contributed by atoms with Gasteiger partial charge in [-0.2, -0.15) is 5.10 Å². The molecule has 2 N–H and O–H groups in total. The molecule has 0 bridgehead atoms. The van der Waals surface area contributed by atoms with E-state index < -0.39 is 10.0 Å². The van der Waals surface area contributed by atoms with Gasteiger partial charge in [0.1, 0.15) is 4.90 Å². The van der Waals surface area contributed by atoms with Crippen LogP contribution in [0, 0.1) is 5.92 Å². The van der Waals surface area contributed by atoms with Crippen LogP contribution in [0.3, 0.4) is 0 Å². The first-order valence-corrected chi connectivity index (χ1v) is 9.15. The molecule has 120 valence electrons. The van der Waals surface area contributed by atoms with Crippen LogP contribution in [0.5, 0.6) is 0 Å². The van der Waals surface area contributed by atoms with E-state index in [2.05, 4.69) is 29.0 Å². The third-order valence-corrected chi connectivity index (χ3v) is 5.52. The zero-order valence-corrected chi connectivity index (χ0v) is 13.9. The summed E-state index contributed by atoms with van der Waals surface area (Å²) in [4.78, 5) is 0.248. The summed E-state index contributed by atoms with van der Waals surface area (Å²) in [6.45, 7) is 7.52. The van der Waals surface area contributed by atoms with E-state index >= 15 is 0 Å². The van der Waals surface area contributed by atoms with Crippen molar-refractivity contribution in [3.8, 4) is 0 Å². The minimum atomic E-state index is -3.46. The van der Waals surface area contributed by atoms with E-state index in [4.69, 9.17) is 0 Å². The average molecular weight is 314 g/mol. The van der Waals surface area contributed by atoms with Crippen molar-refractivity contribution < 1.29 is 8.42 Å². The Kier molecular flexibility index (Phi) is 5.40. The molecule has 1 atom stereocenters. The second-order valence-electron chi connectivity index (χ2n) is 6.15. The smallest absolute Gasteiger partial charge is 0.243 e. The third kappa shape index (κ3) is 4.52. The van der Waals surface area contributed by atoms with Crippen molar-refractivity contribution in [2.75, 3.05) is 6.54 Å². The molecule has 0 radical (unpaired) electrons. The molecule has 0 spiro atoms. The number of nitrogens with one attached hydrogen (secondary N) is 2. The SMILES string of the molecule is CC(C)NCCn1cc(S(=O)(=O)NC(C)C2CCC2)cn1. The minimum absolute atomic E-state index is 0.00490. The summed E-state index contributed by atoms with van der Waals surface area (Å²) in [5.74, 6) is 0.477. The molecule has 1 aromatic heterocycles. The average Bonchev–Trinajstić information content (AvgIpc) is 2.74. The van der Waals surface area contributed by atoms with Crippen molar-refractivity contribution in [3.05, 3.63) is 12.4 Å². The molecule has 1 unspecified atom stereocenters. The van der Waals surface area contributed by atoms with Crippen LogP contribution in [0.25, 0.3) is 0 Å². The molecule has 2 rings (SSSR count). The Labute approximate surface area is 127 Å². The minimum Gasteiger partial charge on any atom is -0.313 e. The van der Waals surface area contributed by atoms with E-state index in [-0.39, 0.29) is 10.9 Å². The molecule has 0 saturated heterocycles. The van der Waals surface area contributed by atoms with Gasteiger partial charge in [-0.05, 0) is 25.7 Å². The van der Waals surface area contributed by atoms with Crippen LogP contribution < -0.4 is 10.0 Å². The van der Waals surface area contributed by atoms with Crippen molar-refractivity contribution in [2.45, 2.75) is 63.6 Å². The Morgan fingerprint density at radius 3 is 2.67 bits per heavy atom. The van der Waals surface area contributed by atoms with E-state index in [1.807, 2.05) is 6.92 Å². The van der Waals surface area contributed by atoms with E-state index in [9.17, 15) is 8.42 Å². The van der Waals surface area contributed by atoms with E-state index in [1.54, 1.807) is 10.9 Å². The quantitative estimate of drug-likeness (QED) is 0.759. The van der Waals surface area contributed by atoms with Gasteiger partial charge in [0.15, 0.2) is 0 Å². The van der Waals surface area contributed by atoms with Crippen LogP contribution in [0.2, 0.25) is 0 Å². The first kappa shape index (κ1) is 16.5. The molecule has 1 heterocycles. The molecule has 1 aliphatic carbocycles. The highest BCUT2D eigenvalue weighted by molar-refractivity contribution is 7.89. The summed E-state index contributed by atoms with van der Waals surface area (Å²) < 4.78 is 29.0. The molecule has 0 aromatic carbocycles. The Balaban J connectivity index is 1.92. The second kappa shape index (κ2) is 6.89. The van der Waals surface area contributed by atoms with Gasteiger partial charge in [-0.1, -0.05) is 20.3 Å². The predicted octanol–water partition coefficient (Wildman–Crippen LogP) is 1.35. The van der Waals surface area contributed by atoms with E-state index in [1.165, 1.54) is 12.6 Å². The van der Waals surface area contributed by atoms with Crippen molar-refractivity contribution in [3.63, 3.8) is 0 Å². The molecule has 1 aromatic rings. The number of sulfonamides is 1. The molecular formula is C14H26N4O2S. The highest BCUT2D eigenvalue weighted by atomic mass is 32.2. The summed E-state index contributed by atoms with van der Waals surface area (Å²) in [5, 5.41) is 7.40. The number of rotatable bonds is 8. The van der Waals surface area contributed by atoms with Crippen molar-refractivity contribution in [2.24, 2.45) is 5.92 Å². The normalized spacial score (nSPS) is 17.9. The monoisotopic (exact) mass is 314 g/mol. The zero-order chi connectivity index (χ0) is 15.5. The molecule has 0 amide bonds. The lowest BCUT2D eigenvalue weighted by atomic mass is 9.81. The van der Waals surface area contributed by atoms with Crippen LogP contribution >= 0.6 is 0 Å². The van der Waals surface area contributed by atoms with Gasteiger partial charge in [-0.25, -0.2) is 13.1 Å². The lowest BCUT2D eigenvalue weighted by Gasteiger charge is -2.31. The molecule has 6 nitrogen and oxygen atoms in total. The maximum absolute atomic E-state index is 12.3. The van der Waals surface area contributed by atoms with Crippen LogP contribution in [0.4, 0.5) is 0 Å². The third-order valence-electron chi connectivity index (χ3n) is 4.01. The van der Waals surface area contributed by atoms with Crippen molar-refractivity contribution in [1.82, 2.24) is 19.8 Å². The van der Waals surface area contributed by atoms with Crippen LogP contribution in [0.15, 0.2) is 17.3 Å². The molecular weight excluding hydrogens is 288 g/mol. The van der Waals surface area contributed by atoms with Gasteiger partial charge < -0.3 is 5.32 Å². The second-order valence-corrected chi connectivity index (χ2v) is 7.86. The van der Waals surface area contributed by atoms with Gasteiger partial charge in [0.2, 0.25) is 10.0 Å². The molecule has 21 heavy (non-hydrogen) atoms. The number of nitrogens with zero attached hydrogens (tertiary/aromatic N) is 2. The largest absolute Gasteiger partial charge is 0.313 e. The van der Waals surface area contributed by atoms with Gasteiger partial charge in [0.25, 0.3) is 0 Å². The Bertz CT molecular complexity index is 549. The van der Waals surface area contributed by atoms with Crippen molar-refractivity contribution >= 4 is 10.0 Å². The Morgan fingerprint density at radius 2 is 2.10 bits per heavy atom. The first-order valence-electron chi connectivity index (χ1n) is 7.66. The molecule has 1 fully saturated rings. The van der Waals surface area contributed by atoms with Gasteiger partial charge in [-0.15, -0.1) is 0 Å². The van der Waals surface area contributed by atoms with Gasteiger partial charge in [0, 0.05) is 24.8 Å². The summed E-state index contributed by atoms with van der Waals surface area (Å²) in [7, 11) is -3.46. The summed E-state index contributed by atoms with van der Waals surface area (Å²) >= 11 is 0. The Morgan fingerprint density at radius 1 is 1.38 bits per heavy atom. The summed E-state index contributed by atoms with van der Waals surface area (Å²) in [5.41, 5.74) is 0. The number of hydrogen-bond donors (Lipinski definition) is 2. The fourth-order valence-corrected chi connectivity index (χ4v) is 3.69. The predicted molar refractivity (Wildman–Crippen MR) is 82.5 cm³/mol. The highest BCUT2D eigenvalue weighted by Gasteiger charge is 2.28. The van der Waals surface area contributed by atoms with Crippen molar-refractivity contribution in [1.29, 1.82) is 0 Å². The van der Waals surface area contributed by atoms with Crippen LogP contribution in [-0.4, -0.2) is 36.8 Å². The Hall–Kier alpha value is -0.920. The summed E-state index contributed by atoms with van der Waals surface area (Å²) in [6.07, 6.45) is 6.45. The standard InChI is InChI=1S/C14H26N4O2S/c1-11(2)15-7-8-18-10-14(9-16-18)21(19,20)17-12(3)13-5-4-6-13/h9-13,15,17H,4-8H2,1-3H3. The lowest BCUT2D eigenvalue weighted by molar-refractivity contribution is 0.260. The number of hydrogen-bond acceptors (Lipinski definition) is 4. The van der Waals surface area contributed by atoms with E-state index in [0.29, 0.717) is 18.5 Å². The molecule has 1 aliphatic rings. The van der Waals surface area contributed by atoms with Crippen LogP contribution in [-0.2, 0) is 16.6 Å². The first-order chi connectivity index (χ1) is 9.88. The van der Waals surface area contributed by atoms with E-state index in [0.717, 1.165) is 19.4 Å². The molecule has 1 saturated carbocycles. The fourth-order valence-electron chi connectivity index (χ4n) is 2.42. The van der Waals surface area contributed by atoms with Gasteiger partial charge >= 0.3 is 0 Å².